The van der Waals surface area contributed by atoms with E-state index in [1.807, 2.05) is 32.0 Å². The van der Waals surface area contributed by atoms with Gasteiger partial charge in [-0.1, -0.05) is 28.9 Å². The first-order valence-electron chi connectivity index (χ1n) is 10.9. The largest absolute Gasteiger partial charge is 0.481 e. The van der Waals surface area contributed by atoms with Gasteiger partial charge in [-0.3, -0.25) is 4.79 Å². The number of pyridine rings is 1. The SMILES string of the molecule is CC(C)Oc1ncc(-c2nc(-c3cccc4c3c3c(n4CCC(=O)O)CCC3)no2)cc1Cl. The molecule has 3 heterocycles. The molecule has 5 rings (SSSR count). The average molecular weight is 467 g/mol. The summed E-state index contributed by atoms with van der Waals surface area (Å²) in [5.41, 5.74) is 4.93. The molecule has 0 atom stereocenters. The molecule has 0 saturated heterocycles. The topological polar surface area (TPSA) is 103 Å². The molecule has 0 unspecified atom stereocenters. The van der Waals surface area contributed by atoms with Crippen molar-refractivity contribution in [2.24, 2.45) is 0 Å². The first-order valence-corrected chi connectivity index (χ1v) is 11.3. The summed E-state index contributed by atoms with van der Waals surface area (Å²) in [5.74, 6) is 0.339. The third-order valence-electron chi connectivity index (χ3n) is 5.77. The van der Waals surface area contributed by atoms with Gasteiger partial charge >= 0.3 is 5.97 Å². The predicted molar refractivity (Wildman–Crippen MR) is 124 cm³/mol. The number of rotatable bonds is 7. The molecule has 0 bridgehead atoms. The Morgan fingerprint density at radius 2 is 2.18 bits per heavy atom. The molecule has 0 amide bonds. The third kappa shape index (κ3) is 3.95. The molecule has 0 spiro atoms. The van der Waals surface area contributed by atoms with E-state index in [0.29, 0.717) is 34.7 Å². The van der Waals surface area contributed by atoms with Gasteiger partial charge < -0.3 is 18.9 Å². The first-order chi connectivity index (χ1) is 15.9. The molecule has 0 fully saturated rings. The zero-order valence-corrected chi connectivity index (χ0v) is 19.1. The maximum atomic E-state index is 11.2. The molecule has 1 aromatic carbocycles. The number of aryl methyl sites for hydroxylation is 2. The van der Waals surface area contributed by atoms with E-state index in [2.05, 4.69) is 19.7 Å². The fourth-order valence-corrected chi connectivity index (χ4v) is 4.69. The Bertz CT molecular complexity index is 1360. The first kappa shape index (κ1) is 21.5. The number of nitrogens with zero attached hydrogens (tertiary/aromatic N) is 4. The number of halogens is 1. The van der Waals surface area contributed by atoms with Gasteiger partial charge in [-0.25, -0.2) is 4.98 Å². The Kier molecular flexibility index (Phi) is 5.54. The molecule has 1 aliphatic rings. The number of aromatic nitrogens is 4. The monoisotopic (exact) mass is 466 g/mol. The van der Waals surface area contributed by atoms with E-state index in [-0.39, 0.29) is 12.5 Å². The molecule has 0 aliphatic heterocycles. The van der Waals surface area contributed by atoms with Crippen LogP contribution in [-0.2, 0) is 24.2 Å². The van der Waals surface area contributed by atoms with Crippen LogP contribution in [0.2, 0.25) is 5.02 Å². The summed E-state index contributed by atoms with van der Waals surface area (Å²) >= 11 is 6.32. The number of fused-ring (bicyclic) bond motifs is 3. The number of carbonyl (C=O) groups is 1. The van der Waals surface area contributed by atoms with E-state index in [9.17, 15) is 9.90 Å². The summed E-state index contributed by atoms with van der Waals surface area (Å²) in [5, 5.41) is 14.9. The molecule has 0 radical (unpaired) electrons. The minimum absolute atomic E-state index is 0.0409. The molecular formula is C24H23ClN4O4. The summed E-state index contributed by atoms with van der Waals surface area (Å²) in [6.07, 6.45) is 4.58. The van der Waals surface area contributed by atoms with Crippen molar-refractivity contribution < 1.29 is 19.2 Å². The Balaban J connectivity index is 1.55. The maximum absolute atomic E-state index is 11.2. The number of carboxylic acids is 1. The number of hydrogen-bond acceptors (Lipinski definition) is 6. The lowest BCUT2D eigenvalue weighted by atomic mass is 10.0. The van der Waals surface area contributed by atoms with Crippen LogP contribution < -0.4 is 4.74 Å². The molecule has 0 saturated carbocycles. The van der Waals surface area contributed by atoms with Crippen LogP contribution in [-0.4, -0.2) is 36.9 Å². The van der Waals surface area contributed by atoms with E-state index >= 15 is 0 Å². The van der Waals surface area contributed by atoms with Crippen LogP contribution in [0, 0.1) is 0 Å². The summed E-state index contributed by atoms with van der Waals surface area (Å²) < 4.78 is 13.3. The molecule has 1 N–H and O–H groups in total. The van der Waals surface area contributed by atoms with E-state index in [0.717, 1.165) is 35.7 Å². The van der Waals surface area contributed by atoms with Gasteiger partial charge in [0.05, 0.1) is 18.1 Å². The summed E-state index contributed by atoms with van der Waals surface area (Å²) in [6.45, 7) is 4.25. The molecule has 170 valence electrons. The molecule has 4 aromatic rings. The molecular weight excluding hydrogens is 444 g/mol. The lowest BCUT2D eigenvalue weighted by molar-refractivity contribution is -0.137. The van der Waals surface area contributed by atoms with Gasteiger partial charge in [0.2, 0.25) is 11.7 Å². The summed E-state index contributed by atoms with van der Waals surface area (Å²) in [6, 6.07) is 7.64. The molecule has 1 aliphatic carbocycles. The average Bonchev–Trinajstić information content (AvgIpc) is 3.49. The van der Waals surface area contributed by atoms with Gasteiger partial charge in [-0.15, -0.1) is 0 Å². The van der Waals surface area contributed by atoms with E-state index in [1.165, 1.54) is 11.3 Å². The van der Waals surface area contributed by atoms with E-state index in [1.54, 1.807) is 12.3 Å². The minimum Gasteiger partial charge on any atom is -0.481 e. The van der Waals surface area contributed by atoms with Crippen molar-refractivity contribution in [3.63, 3.8) is 0 Å². The van der Waals surface area contributed by atoms with Crippen LogP contribution in [0.15, 0.2) is 35.0 Å². The van der Waals surface area contributed by atoms with Gasteiger partial charge in [0.1, 0.15) is 5.02 Å². The molecule has 33 heavy (non-hydrogen) atoms. The maximum Gasteiger partial charge on any atom is 0.305 e. The fraction of sp³-hybridized carbons (Fsp3) is 0.333. The Morgan fingerprint density at radius 1 is 1.33 bits per heavy atom. The lowest BCUT2D eigenvalue weighted by Crippen LogP contribution is -2.07. The zero-order valence-electron chi connectivity index (χ0n) is 18.3. The number of benzene rings is 1. The fourth-order valence-electron chi connectivity index (χ4n) is 4.47. The van der Waals surface area contributed by atoms with Gasteiger partial charge in [0.25, 0.3) is 5.89 Å². The highest BCUT2D eigenvalue weighted by atomic mass is 35.5. The van der Waals surface area contributed by atoms with Crippen LogP contribution in [0.5, 0.6) is 5.88 Å². The smallest absolute Gasteiger partial charge is 0.305 e. The summed E-state index contributed by atoms with van der Waals surface area (Å²) in [7, 11) is 0. The van der Waals surface area contributed by atoms with Crippen molar-refractivity contribution in [2.75, 3.05) is 0 Å². The minimum atomic E-state index is -0.806. The highest BCUT2D eigenvalue weighted by Crippen LogP contribution is 2.39. The van der Waals surface area contributed by atoms with Crippen molar-refractivity contribution in [3.8, 4) is 28.7 Å². The van der Waals surface area contributed by atoms with Crippen LogP contribution in [0.4, 0.5) is 0 Å². The number of ether oxygens (including phenoxy) is 1. The van der Waals surface area contributed by atoms with E-state index in [4.69, 9.17) is 20.9 Å². The number of carboxylic acid groups (broad SMARTS) is 1. The van der Waals surface area contributed by atoms with Gasteiger partial charge in [-0.2, -0.15) is 4.98 Å². The third-order valence-corrected chi connectivity index (χ3v) is 6.04. The highest BCUT2D eigenvalue weighted by Gasteiger charge is 2.25. The lowest BCUT2D eigenvalue weighted by Gasteiger charge is -2.09. The van der Waals surface area contributed by atoms with Crippen LogP contribution in [0.1, 0.15) is 37.9 Å². The number of hydrogen-bond donors (Lipinski definition) is 1. The van der Waals surface area contributed by atoms with Crippen LogP contribution in [0.3, 0.4) is 0 Å². The van der Waals surface area contributed by atoms with Gasteiger partial charge in [-0.05, 0) is 50.8 Å². The standard InChI is InChI=1S/C24H23ClN4O4/c1-13(2)32-24-17(25)11-14(12-26-24)23-27-22(28-33-23)16-6-4-8-19-21(16)15-5-3-7-18(15)29(19)10-9-20(30)31/h4,6,8,11-13H,3,5,7,9-10H2,1-2H3,(H,30,31). The second kappa shape index (κ2) is 8.51. The van der Waals surface area contributed by atoms with Crippen molar-refractivity contribution in [2.45, 2.75) is 52.2 Å². The Hall–Kier alpha value is -3.39. The molecule has 3 aromatic heterocycles. The van der Waals surface area contributed by atoms with Crippen LogP contribution >= 0.6 is 11.6 Å². The Labute approximate surface area is 195 Å². The normalized spacial score (nSPS) is 13.1. The van der Waals surface area contributed by atoms with Gasteiger partial charge in [0.15, 0.2) is 0 Å². The molecule has 9 heteroatoms. The Morgan fingerprint density at radius 3 is 2.94 bits per heavy atom. The highest BCUT2D eigenvalue weighted by molar-refractivity contribution is 6.32. The predicted octanol–water partition coefficient (Wildman–Crippen LogP) is 5.16. The second-order valence-electron chi connectivity index (χ2n) is 8.37. The zero-order chi connectivity index (χ0) is 23.1. The quantitative estimate of drug-likeness (QED) is 0.401. The van der Waals surface area contributed by atoms with Crippen molar-refractivity contribution in [3.05, 3.63) is 46.7 Å². The van der Waals surface area contributed by atoms with Crippen LogP contribution in [0.25, 0.3) is 33.7 Å². The van der Waals surface area contributed by atoms with Crippen molar-refractivity contribution >= 4 is 28.5 Å². The van der Waals surface area contributed by atoms with E-state index < -0.39 is 5.97 Å². The molecule has 8 nitrogen and oxygen atoms in total. The van der Waals surface area contributed by atoms with Crippen molar-refractivity contribution in [1.82, 2.24) is 19.7 Å². The van der Waals surface area contributed by atoms with Gasteiger partial charge in [0, 0.05) is 34.9 Å². The summed E-state index contributed by atoms with van der Waals surface area (Å²) in [4.78, 5) is 20.1. The van der Waals surface area contributed by atoms with Crippen molar-refractivity contribution in [1.29, 1.82) is 0 Å². The second-order valence-corrected chi connectivity index (χ2v) is 8.78. The number of aliphatic carboxylic acids is 1.